The molecule has 0 atom stereocenters. The summed E-state index contributed by atoms with van der Waals surface area (Å²) in [6.07, 6.45) is 0. The van der Waals surface area contributed by atoms with Gasteiger partial charge in [0.1, 0.15) is 11.6 Å². The number of aromatic nitrogens is 2. The van der Waals surface area contributed by atoms with Gasteiger partial charge in [0.05, 0.1) is 16.8 Å². The Kier molecular flexibility index (Phi) is 3.13. The summed E-state index contributed by atoms with van der Waals surface area (Å²) in [5.74, 6) is 1.37. The molecule has 1 aromatic heterocycles. The van der Waals surface area contributed by atoms with Crippen LogP contribution in [-0.4, -0.2) is 9.97 Å². The SMILES string of the molecule is Nc1ccc2nc(CSc3ccc(F)cc3)[nH]c2c1. The molecule has 0 aliphatic rings. The van der Waals surface area contributed by atoms with Crippen LogP contribution in [0.15, 0.2) is 47.4 Å². The highest BCUT2D eigenvalue weighted by atomic mass is 32.2. The highest BCUT2D eigenvalue weighted by Crippen LogP contribution is 2.23. The second-order valence-corrected chi connectivity index (χ2v) is 5.25. The molecule has 1 heterocycles. The summed E-state index contributed by atoms with van der Waals surface area (Å²) in [6.45, 7) is 0. The summed E-state index contributed by atoms with van der Waals surface area (Å²) < 4.78 is 12.8. The fourth-order valence-electron chi connectivity index (χ4n) is 1.83. The molecule has 3 rings (SSSR count). The molecule has 0 aliphatic heterocycles. The Morgan fingerprint density at radius 2 is 1.95 bits per heavy atom. The van der Waals surface area contributed by atoms with Crippen LogP contribution in [0.2, 0.25) is 0 Å². The molecule has 0 fully saturated rings. The van der Waals surface area contributed by atoms with Gasteiger partial charge in [-0.15, -0.1) is 11.8 Å². The standard InChI is InChI=1S/C14H12FN3S/c15-9-1-4-11(5-2-9)19-8-14-17-12-6-3-10(16)7-13(12)18-14/h1-7H,8,16H2,(H,17,18). The minimum atomic E-state index is -0.219. The first-order valence-electron chi connectivity index (χ1n) is 5.83. The maximum atomic E-state index is 12.8. The maximum Gasteiger partial charge on any atom is 0.123 e. The quantitative estimate of drug-likeness (QED) is 0.566. The molecule has 19 heavy (non-hydrogen) atoms. The minimum Gasteiger partial charge on any atom is -0.399 e. The molecule has 3 aromatic rings. The summed E-state index contributed by atoms with van der Waals surface area (Å²) in [7, 11) is 0. The topological polar surface area (TPSA) is 54.7 Å². The first-order chi connectivity index (χ1) is 9.20. The van der Waals surface area contributed by atoms with Gasteiger partial charge in [0, 0.05) is 10.6 Å². The predicted molar refractivity (Wildman–Crippen MR) is 76.5 cm³/mol. The Bertz CT molecular complexity index is 706. The summed E-state index contributed by atoms with van der Waals surface area (Å²) in [6, 6.07) is 12.0. The number of H-pyrrole nitrogens is 1. The number of hydrogen-bond acceptors (Lipinski definition) is 3. The number of fused-ring (bicyclic) bond motifs is 1. The van der Waals surface area contributed by atoms with Gasteiger partial charge in [-0.05, 0) is 42.5 Å². The van der Waals surface area contributed by atoms with E-state index < -0.39 is 0 Å². The van der Waals surface area contributed by atoms with E-state index in [4.69, 9.17) is 5.73 Å². The average Bonchev–Trinajstić information content (AvgIpc) is 2.80. The van der Waals surface area contributed by atoms with E-state index in [0.29, 0.717) is 11.4 Å². The fourth-order valence-corrected chi connectivity index (χ4v) is 2.60. The molecule has 3 nitrogen and oxygen atoms in total. The lowest BCUT2D eigenvalue weighted by molar-refractivity contribution is 0.626. The van der Waals surface area contributed by atoms with Crippen molar-refractivity contribution in [3.8, 4) is 0 Å². The monoisotopic (exact) mass is 273 g/mol. The Labute approximate surface area is 114 Å². The van der Waals surface area contributed by atoms with Crippen LogP contribution in [0.3, 0.4) is 0 Å². The second-order valence-electron chi connectivity index (χ2n) is 4.20. The van der Waals surface area contributed by atoms with Gasteiger partial charge in [0.15, 0.2) is 0 Å². The van der Waals surface area contributed by atoms with Gasteiger partial charge in [-0.25, -0.2) is 9.37 Å². The van der Waals surface area contributed by atoms with Crippen LogP contribution in [0.4, 0.5) is 10.1 Å². The number of nitrogen functional groups attached to an aromatic ring is 1. The third-order valence-electron chi connectivity index (χ3n) is 2.74. The largest absolute Gasteiger partial charge is 0.399 e. The number of benzene rings is 2. The van der Waals surface area contributed by atoms with Crippen molar-refractivity contribution in [2.45, 2.75) is 10.6 Å². The van der Waals surface area contributed by atoms with Crippen LogP contribution < -0.4 is 5.73 Å². The van der Waals surface area contributed by atoms with Gasteiger partial charge in [-0.1, -0.05) is 0 Å². The van der Waals surface area contributed by atoms with Crippen LogP contribution in [0.5, 0.6) is 0 Å². The highest BCUT2D eigenvalue weighted by molar-refractivity contribution is 7.98. The maximum absolute atomic E-state index is 12.8. The second kappa shape index (κ2) is 4.93. The van der Waals surface area contributed by atoms with Crippen molar-refractivity contribution >= 4 is 28.5 Å². The van der Waals surface area contributed by atoms with Crippen LogP contribution in [0.1, 0.15) is 5.82 Å². The van der Waals surface area contributed by atoms with Crippen LogP contribution in [-0.2, 0) is 5.75 Å². The third kappa shape index (κ3) is 2.71. The molecular weight excluding hydrogens is 261 g/mol. The molecule has 0 bridgehead atoms. The number of halogens is 1. The molecule has 5 heteroatoms. The Balaban J connectivity index is 1.76. The number of nitrogens with one attached hydrogen (secondary N) is 1. The van der Waals surface area contributed by atoms with E-state index in [1.807, 2.05) is 18.2 Å². The van der Waals surface area contributed by atoms with E-state index >= 15 is 0 Å². The number of aromatic amines is 1. The van der Waals surface area contributed by atoms with Crippen molar-refractivity contribution in [3.63, 3.8) is 0 Å². The highest BCUT2D eigenvalue weighted by Gasteiger charge is 2.04. The molecule has 0 aliphatic carbocycles. The van der Waals surface area contributed by atoms with Crippen LogP contribution in [0, 0.1) is 5.82 Å². The predicted octanol–water partition coefficient (Wildman–Crippen LogP) is 3.58. The lowest BCUT2D eigenvalue weighted by Crippen LogP contribution is -1.83. The van der Waals surface area contributed by atoms with E-state index in [2.05, 4.69) is 9.97 Å². The van der Waals surface area contributed by atoms with Crippen molar-refractivity contribution < 1.29 is 4.39 Å². The lowest BCUT2D eigenvalue weighted by atomic mass is 10.3. The first-order valence-corrected chi connectivity index (χ1v) is 6.82. The van der Waals surface area contributed by atoms with Gasteiger partial charge in [0.25, 0.3) is 0 Å². The van der Waals surface area contributed by atoms with Crippen molar-refractivity contribution in [2.75, 3.05) is 5.73 Å². The number of imidazole rings is 1. The Morgan fingerprint density at radius 3 is 2.74 bits per heavy atom. The molecule has 96 valence electrons. The minimum absolute atomic E-state index is 0.219. The number of nitrogens with two attached hydrogens (primary N) is 1. The molecule has 0 amide bonds. The summed E-state index contributed by atoms with van der Waals surface area (Å²) >= 11 is 1.61. The van der Waals surface area contributed by atoms with Crippen molar-refractivity contribution in [1.82, 2.24) is 9.97 Å². The molecule has 0 spiro atoms. The zero-order valence-corrected chi connectivity index (χ0v) is 10.9. The van der Waals surface area contributed by atoms with Crippen molar-refractivity contribution in [2.24, 2.45) is 0 Å². The summed E-state index contributed by atoms with van der Waals surface area (Å²) in [5, 5.41) is 0. The molecule has 0 radical (unpaired) electrons. The Hall–Kier alpha value is -2.01. The van der Waals surface area contributed by atoms with Gasteiger partial charge < -0.3 is 10.7 Å². The van der Waals surface area contributed by atoms with Gasteiger partial charge in [-0.2, -0.15) is 0 Å². The third-order valence-corrected chi connectivity index (χ3v) is 3.77. The average molecular weight is 273 g/mol. The fraction of sp³-hybridized carbons (Fsp3) is 0.0714. The van der Waals surface area contributed by atoms with E-state index in [-0.39, 0.29) is 5.82 Å². The van der Waals surface area contributed by atoms with Crippen LogP contribution >= 0.6 is 11.8 Å². The molecular formula is C14H12FN3S. The number of rotatable bonds is 3. The number of anilines is 1. The zero-order chi connectivity index (χ0) is 13.2. The van der Waals surface area contributed by atoms with Gasteiger partial charge in [-0.3, -0.25) is 0 Å². The van der Waals surface area contributed by atoms with Crippen LogP contribution in [0.25, 0.3) is 11.0 Å². The van der Waals surface area contributed by atoms with E-state index in [1.165, 1.54) is 12.1 Å². The molecule has 0 unspecified atom stereocenters. The van der Waals surface area contributed by atoms with Crippen molar-refractivity contribution in [1.29, 1.82) is 0 Å². The molecule has 3 N–H and O–H groups in total. The summed E-state index contributed by atoms with van der Waals surface area (Å²) in [5.41, 5.74) is 8.29. The first kappa shape index (κ1) is 12.0. The van der Waals surface area contributed by atoms with E-state index in [1.54, 1.807) is 23.9 Å². The number of thioether (sulfide) groups is 1. The number of hydrogen-bond donors (Lipinski definition) is 2. The normalized spacial score (nSPS) is 11.0. The van der Waals surface area contributed by atoms with Gasteiger partial charge >= 0.3 is 0 Å². The summed E-state index contributed by atoms with van der Waals surface area (Å²) in [4.78, 5) is 8.73. The smallest absolute Gasteiger partial charge is 0.123 e. The molecule has 0 saturated carbocycles. The number of nitrogens with zero attached hydrogens (tertiary/aromatic N) is 1. The Morgan fingerprint density at radius 1 is 1.16 bits per heavy atom. The molecule has 0 saturated heterocycles. The lowest BCUT2D eigenvalue weighted by Gasteiger charge is -1.98. The van der Waals surface area contributed by atoms with Gasteiger partial charge in [0.2, 0.25) is 0 Å². The van der Waals surface area contributed by atoms with E-state index in [0.717, 1.165) is 21.8 Å². The van der Waals surface area contributed by atoms with Crippen molar-refractivity contribution in [3.05, 3.63) is 54.1 Å². The molecule has 2 aromatic carbocycles. The zero-order valence-electron chi connectivity index (χ0n) is 10.1. The van der Waals surface area contributed by atoms with E-state index in [9.17, 15) is 4.39 Å².